The third-order valence-corrected chi connectivity index (χ3v) is 3.94. The molecule has 3 rings (SSSR count). The Hall–Kier alpha value is -3.40. The summed E-state index contributed by atoms with van der Waals surface area (Å²) in [6, 6.07) is 15.3. The van der Waals surface area contributed by atoms with Crippen molar-refractivity contribution in [3.05, 3.63) is 71.6 Å². The molecule has 3 aromatic rings. The predicted molar refractivity (Wildman–Crippen MR) is 96.0 cm³/mol. The van der Waals surface area contributed by atoms with Crippen LogP contribution in [0.4, 0.5) is 18.0 Å². The lowest BCUT2D eigenvalue weighted by Crippen LogP contribution is -2.38. The van der Waals surface area contributed by atoms with Crippen molar-refractivity contribution >= 4 is 6.03 Å². The molecular weight excluding hydrogens is 389 g/mol. The first-order valence-corrected chi connectivity index (χ1v) is 8.50. The quantitative estimate of drug-likeness (QED) is 0.626. The van der Waals surface area contributed by atoms with Gasteiger partial charge in [-0.3, -0.25) is 4.84 Å². The van der Waals surface area contributed by atoms with E-state index in [0.717, 1.165) is 10.6 Å². The third-order valence-electron chi connectivity index (χ3n) is 3.94. The van der Waals surface area contributed by atoms with Gasteiger partial charge in [-0.05, 0) is 11.1 Å². The molecule has 0 fully saturated rings. The number of hydrogen-bond donors (Lipinski definition) is 1. The molecule has 2 amide bonds. The predicted octanol–water partition coefficient (Wildman–Crippen LogP) is 4.03. The second kappa shape index (κ2) is 8.74. The molecule has 0 unspecified atom stereocenters. The van der Waals surface area contributed by atoms with Crippen LogP contribution in [0.2, 0.25) is 0 Å². The third kappa shape index (κ3) is 5.32. The molecule has 2 aromatic carbocycles. The summed E-state index contributed by atoms with van der Waals surface area (Å²) in [5.74, 6) is -1.58. The molecular formula is C19H17F3N4O3. The molecule has 0 aliphatic rings. The van der Waals surface area contributed by atoms with E-state index in [-0.39, 0.29) is 12.4 Å². The molecule has 1 heterocycles. The summed E-state index contributed by atoms with van der Waals surface area (Å²) in [5.41, 5.74) is 2.00. The van der Waals surface area contributed by atoms with E-state index >= 15 is 0 Å². The van der Waals surface area contributed by atoms with Crippen molar-refractivity contribution in [2.45, 2.75) is 19.3 Å². The van der Waals surface area contributed by atoms with Crippen molar-refractivity contribution in [3.8, 4) is 11.4 Å². The van der Waals surface area contributed by atoms with E-state index in [1.807, 2.05) is 30.3 Å². The number of urea groups is 1. The average Bonchev–Trinajstić information content (AvgIpc) is 3.22. The molecule has 29 heavy (non-hydrogen) atoms. The van der Waals surface area contributed by atoms with Crippen molar-refractivity contribution in [2.75, 3.05) is 7.11 Å². The minimum absolute atomic E-state index is 0.136. The van der Waals surface area contributed by atoms with Gasteiger partial charge in [0.05, 0.1) is 13.7 Å². The molecule has 0 aliphatic heterocycles. The number of carbonyl (C=O) groups is 1. The van der Waals surface area contributed by atoms with Gasteiger partial charge in [-0.15, -0.1) is 0 Å². The van der Waals surface area contributed by atoms with Gasteiger partial charge >= 0.3 is 18.1 Å². The number of hydrogen-bond acceptors (Lipinski definition) is 5. The van der Waals surface area contributed by atoms with Gasteiger partial charge in [0.25, 0.3) is 0 Å². The normalized spacial score (nSPS) is 11.3. The molecule has 0 atom stereocenters. The van der Waals surface area contributed by atoms with Gasteiger partial charge in [0.1, 0.15) is 0 Å². The van der Waals surface area contributed by atoms with Crippen molar-refractivity contribution in [3.63, 3.8) is 0 Å². The topological polar surface area (TPSA) is 80.5 Å². The van der Waals surface area contributed by atoms with Gasteiger partial charge in [-0.2, -0.15) is 23.2 Å². The number of aromatic nitrogens is 2. The van der Waals surface area contributed by atoms with Crippen LogP contribution in [0.25, 0.3) is 11.4 Å². The van der Waals surface area contributed by atoms with Crippen LogP contribution < -0.4 is 5.32 Å². The lowest BCUT2D eigenvalue weighted by Gasteiger charge is -2.20. The Morgan fingerprint density at radius 1 is 1.10 bits per heavy atom. The molecule has 152 valence electrons. The molecule has 7 nitrogen and oxygen atoms in total. The first-order chi connectivity index (χ1) is 13.9. The Labute approximate surface area is 164 Å². The summed E-state index contributed by atoms with van der Waals surface area (Å²) in [4.78, 5) is 20.7. The molecule has 0 aliphatic carbocycles. The minimum Gasteiger partial charge on any atom is -0.332 e. The van der Waals surface area contributed by atoms with Crippen LogP contribution in [0.3, 0.4) is 0 Å². The Morgan fingerprint density at radius 3 is 2.38 bits per heavy atom. The van der Waals surface area contributed by atoms with Crippen LogP contribution in [-0.4, -0.2) is 28.3 Å². The Kier molecular flexibility index (Phi) is 6.13. The molecule has 10 heteroatoms. The van der Waals surface area contributed by atoms with E-state index in [9.17, 15) is 18.0 Å². The van der Waals surface area contributed by atoms with Crippen molar-refractivity contribution < 1.29 is 27.3 Å². The summed E-state index contributed by atoms with van der Waals surface area (Å²) >= 11 is 0. The fourth-order valence-corrected chi connectivity index (χ4v) is 2.46. The number of hydroxylamine groups is 2. The second-order valence-electron chi connectivity index (χ2n) is 5.98. The molecule has 0 bridgehead atoms. The zero-order valence-electron chi connectivity index (χ0n) is 15.3. The van der Waals surface area contributed by atoms with Gasteiger partial charge in [0.2, 0.25) is 5.82 Å². The largest absolute Gasteiger partial charge is 0.471 e. The second-order valence-corrected chi connectivity index (χ2v) is 5.98. The number of alkyl halides is 3. The number of nitrogens with one attached hydrogen (secondary N) is 1. The van der Waals surface area contributed by atoms with Crippen LogP contribution in [-0.2, 0) is 24.1 Å². The fraction of sp³-hybridized carbons (Fsp3) is 0.211. The first kappa shape index (κ1) is 20.3. The van der Waals surface area contributed by atoms with Crippen molar-refractivity contribution in [1.82, 2.24) is 20.5 Å². The van der Waals surface area contributed by atoms with Gasteiger partial charge in [-0.1, -0.05) is 59.8 Å². The number of amides is 2. The highest BCUT2D eigenvalue weighted by atomic mass is 19.4. The summed E-state index contributed by atoms with van der Waals surface area (Å²) in [7, 11) is 1.37. The SMILES string of the molecule is CON(Cc1ccc(-c2noc(C(F)(F)F)n2)cc1)C(=O)NCc1ccccc1. The van der Waals surface area contributed by atoms with Crippen molar-refractivity contribution in [2.24, 2.45) is 0 Å². The van der Waals surface area contributed by atoms with Crippen LogP contribution in [0, 0.1) is 0 Å². The van der Waals surface area contributed by atoms with E-state index in [1.165, 1.54) is 19.2 Å². The summed E-state index contributed by atoms with van der Waals surface area (Å²) in [5, 5.41) is 7.22. The number of nitrogens with zero attached hydrogens (tertiary/aromatic N) is 3. The van der Waals surface area contributed by atoms with Gasteiger partial charge in [-0.25, -0.2) is 4.79 Å². The Morgan fingerprint density at radius 2 is 1.79 bits per heavy atom. The van der Waals surface area contributed by atoms with Crippen LogP contribution in [0.5, 0.6) is 0 Å². The Balaban J connectivity index is 1.61. The van der Waals surface area contributed by atoms with Gasteiger partial charge in [0, 0.05) is 12.1 Å². The minimum atomic E-state index is -4.70. The highest BCUT2D eigenvalue weighted by molar-refractivity contribution is 5.73. The van der Waals surface area contributed by atoms with Gasteiger partial charge in [0.15, 0.2) is 0 Å². The number of rotatable bonds is 6. The van der Waals surface area contributed by atoms with E-state index in [1.54, 1.807) is 12.1 Å². The number of carbonyl (C=O) groups excluding carboxylic acids is 1. The molecule has 0 saturated carbocycles. The summed E-state index contributed by atoms with van der Waals surface area (Å²) < 4.78 is 41.9. The van der Waals surface area contributed by atoms with Crippen molar-refractivity contribution in [1.29, 1.82) is 0 Å². The van der Waals surface area contributed by atoms with E-state index < -0.39 is 18.1 Å². The fourth-order valence-electron chi connectivity index (χ4n) is 2.46. The molecule has 0 saturated heterocycles. The molecule has 0 radical (unpaired) electrons. The van der Waals surface area contributed by atoms with Crippen LogP contribution >= 0.6 is 0 Å². The monoisotopic (exact) mass is 406 g/mol. The maximum Gasteiger partial charge on any atom is 0.471 e. The Bertz CT molecular complexity index is 943. The summed E-state index contributed by atoms with van der Waals surface area (Å²) in [6.07, 6.45) is -4.70. The number of benzene rings is 2. The highest BCUT2D eigenvalue weighted by Crippen LogP contribution is 2.29. The van der Waals surface area contributed by atoms with E-state index in [0.29, 0.717) is 17.7 Å². The van der Waals surface area contributed by atoms with Crippen LogP contribution in [0.1, 0.15) is 17.0 Å². The van der Waals surface area contributed by atoms with E-state index in [2.05, 4.69) is 20.0 Å². The lowest BCUT2D eigenvalue weighted by atomic mass is 10.1. The molecule has 0 spiro atoms. The number of halogens is 3. The standard InChI is InChI=1S/C19H17F3N4O3/c1-28-26(18(27)23-11-13-5-3-2-4-6-13)12-14-7-9-15(10-8-14)16-24-17(29-25-16)19(20,21)22/h2-10H,11-12H2,1H3,(H,23,27). The zero-order chi connectivity index (χ0) is 20.9. The highest BCUT2D eigenvalue weighted by Gasteiger charge is 2.38. The molecule has 1 N–H and O–H groups in total. The average molecular weight is 406 g/mol. The molecule has 1 aromatic heterocycles. The summed E-state index contributed by atoms with van der Waals surface area (Å²) in [6.45, 7) is 0.481. The zero-order valence-corrected chi connectivity index (χ0v) is 15.3. The maximum absolute atomic E-state index is 12.6. The van der Waals surface area contributed by atoms with Gasteiger partial charge < -0.3 is 9.84 Å². The van der Waals surface area contributed by atoms with Crippen LogP contribution in [0.15, 0.2) is 59.1 Å². The smallest absolute Gasteiger partial charge is 0.332 e. The van der Waals surface area contributed by atoms with E-state index in [4.69, 9.17) is 4.84 Å². The lowest BCUT2D eigenvalue weighted by molar-refractivity contribution is -0.159. The maximum atomic E-state index is 12.6. The first-order valence-electron chi connectivity index (χ1n) is 8.50.